The largest absolute Gasteiger partial charge is 0.481 e. The summed E-state index contributed by atoms with van der Waals surface area (Å²) in [4.78, 5) is 23.3. The number of aliphatic carboxylic acids is 2. The van der Waals surface area contributed by atoms with Gasteiger partial charge in [0.2, 0.25) is 0 Å². The molecule has 4 heteroatoms. The fourth-order valence-electron chi connectivity index (χ4n) is 7.11. The fraction of sp³-hybridized carbons (Fsp3) is 0.882. The molecule has 4 rings (SSSR count). The molecule has 21 heavy (non-hydrogen) atoms. The van der Waals surface area contributed by atoms with Crippen LogP contribution >= 0.6 is 0 Å². The average molecular weight is 292 g/mol. The quantitative estimate of drug-likeness (QED) is 0.784. The lowest BCUT2D eigenvalue weighted by atomic mass is 9.60. The normalized spacial score (nSPS) is 53.4. The molecule has 4 fully saturated rings. The first-order chi connectivity index (χ1) is 9.91. The number of hydrogen-bond donors (Lipinski definition) is 2. The van der Waals surface area contributed by atoms with E-state index in [4.69, 9.17) is 0 Å². The smallest absolute Gasteiger partial charge is 0.307 e. The van der Waals surface area contributed by atoms with E-state index in [-0.39, 0.29) is 11.8 Å². The average Bonchev–Trinajstić information content (AvgIpc) is 3.13. The molecule has 4 saturated carbocycles. The van der Waals surface area contributed by atoms with E-state index in [1.807, 2.05) is 0 Å². The summed E-state index contributed by atoms with van der Waals surface area (Å²) in [5.74, 6) is 0.944. The molecular weight excluding hydrogens is 268 g/mol. The highest BCUT2D eigenvalue weighted by atomic mass is 16.4. The van der Waals surface area contributed by atoms with Crippen molar-refractivity contribution in [2.75, 3.05) is 0 Å². The second-order valence-corrected chi connectivity index (χ2v) is 8.25. The number of fused-ring (bicyclic) bond motifs is 9. The maximum Gasteiger partial charge on any atom is 0.307 e. The Morgan fingerprint density at radius 1 is 0.857 bits per heavy atom. The van der Waals surface area contributed by atoms with Crippen molar-refractivity contribution in [1.82, 2.24) is 0 Å². The van der Waals surface area contributed by atoms with Gasteiger partial charge in [-0.05, 0) is 66.6 Å². The first-order valence-corrected chi connectivity index (χ1v) is 8.37. The Morgan fingerprint density at radius 2 is 1.43 bits per heavy atom. The predicted molar refractivity (Wildman–Crippen MR) is 75.4 cm³/mol. The molecule has 2 N–H and O–H groups in total. The number of carbonyl (C=O) groups is 2. The third-order valence-electron chi connectivity index (χ3n) is 7.45. The highest BCUT2D eigenvalue weighted by Crippen LogP contribution is 2.72. The van der Waals surface area contributed by atoms with Gasteiger partial charge in [0.25, 0.3) is 0 Å². The third kappa shape index (κ3) is 1.56. The van der Waals surface area contributed by atoms with Crippen LogP contribution in [0.4, 0.5) is 0 Å². The van der Waals surface area contributed by atoms with E-state index in [0.29, 0.717) is 29.6 Å². The van der Waals surface area contributed by atoms with Crippen LogP contribution < -0.4 is 0 Å². The van der Waals surface area contributed by atoms with Crippen molar-refractivity contribution < 1.29 is 19.8 Å². The molecule has 0 amide bonds. The third-order valence-corrected chi connectivity index (χ3v) is 7.45. The van der Waals surface area contributed by atoms with Gasteiger partial charge in [0, 0.05) is 0 Å². The lowest BCUT2D eigenvalue weighted by Crippen LogP contribution is -2.46. The van der Waals surface area contributed by atoms with E-state index in [9.17, 15) is 19.8 Å². The topological polar surface area (TPSA) is 74.6 Å². The minimum atomic E-state index is -0.878. The van der Waals surface area contributed by atoms with E-state index < -0.39 is 23.8 Å². The molecule has 4 nitrogen and oxygen atoms in total. The second-order valence-electron chi connectivity index (χ2n) is 8.25. The van der Waals surface area contributed by atoms with Gasteiger partial charge >= 0.3 is 11.9 Å². The van der Waals surface area contributed by atoms with Gasteiger partial charge in [-0.1, -0.05) is 13.8 Å². The van der Waals surface area contributed by atoms with E-state index in [2.05, 4.69) is 13.8 Å². The summed E-state index contributed by atoms with van der Waals surface area (Å²) in [6.07, 6.45) is 3.32. The summed E-state index contributed by atoms with van der Waals surface area (Å²) in [6, 6.07) is 0. The van der Waals surface area contributed by atoms with E-state index in [1.54, 1.807) is 0 Å². The van der Waals surface area contributed by atoms with Gasteiger partial charge < -0.3 is 10.2 Å². The zero-order valence-corrected chi connectivity index (χ0v) is 12.6. The highest BCUT2D eigenvalue weighted by Gasteiger charge is 2.70. The predicted octanol–water partition coefficient (Wildman–Crippen LogP) is 2.58. The van der Waals surface area contributed by atoms with Gasteiger partial charge in [0.05, 0.1) is 11.8 Å². The van der Waals surface area contributed by atoms with E-state index in [0.717, 1.165) is 12.3 Å². The first kappa shape index (κ1) is 13.6. The Kier molecular flexibility index (Phi) is 2.74. The molecule has 0 spiro atoms. The minimum Gasteiger partial charge on any atom is -0.481 e. The zero-order chi connectivity index (χ0) is 15.0. The molecule has 0 aromatic heterocycles. The second kappa shape index (κ2) is 4.23. The van der Waals surface area contributed by atoms with Crippen molar-refractivity contribution in [2.24, 2.45) is 59.2 Å². The summed E-state index contributed by atoms with van der Waals surface area (Å²) in [5.41, 5.74) is 0. The molecule has 9 atom stereocenters. The standard InChI is InChI=1S/C17H24O4/c1-6(2)8-3-7-4-9(8)13-11-5-10(12(7)13)14(16(18)19)15(11)17(20)21/h6-15H,3-5H2,1-2H3,(H,18,19)(H,20,21). The Hall–Kier alpha value is -1.06. The Morgan fingerprint density at radius 3 is 1.95 bits per heavy atom. The van der Waals surface area contributed by atoms with E-state index in [1.165, 1.54) is 12.8 Å². The molecule has 0 heterocycles. The van der Waals surface area contributed by atoms with Crippen molar-refractivity contribution in [3.05, 3.63) is 0 Å². The molecule has 0 aromatic rings. The van der Waals surface area contributed by atoms with Crippen LogP contribution in [0.5, 0.6) is 0 Å². The number of carboxylic acid groups (broad SMARTS) is 2. The van der Waals surface area contributed by atoms with Crippen LogP contribution in [0.1, 0.15) is 33.1 Å². The van der Waals surface area contributed by atoms with Gasteiger partial charge in [-0.15, -0.1) is 0 Å². The monoisotopic (exact) mass is 292 g/mol. The molecule has 4 aliphatic rings. The molecule has 4 bridgehead atoms. The van der Waals surface area contributed by atoms with Crippen LogP contribution in [-0.4, -0.2) is 22.2 Å². The van der Waals surface area contributed by atoms with Crippen LogP contribution in [-0.2, 0) is 9.59 Å². The zero-order valence-electron chi connectivity index (χ0n) is 12.6. The number of rotatable bonds is 3. The van der Waals surface area contributed by atoms with Gasteiger partial charge in [0.1, 0.15) is 0 Å². The van der Waals surface area contributed by atoms with Gasteiger partial charge in [-0.2, -0.15) is 0 Å². The molecule has 4 aliphatic carbocycles. The van der Waals surface area contributed by atoms with Crippen LogP contribution in [0, 0.1) is 59.2 Å². The van der Waals surface area contributed by atoms with Gasteiger partial charge in [-0.3, -0.25) is 9.59 Å². The van der Waals surface area contributed by atoms with Crippen LogP contribution in [0.25, 0.3) is 0 Å². The molecule has 0 radical (unpaired) electrons. The van der Waals surface area contributed by atoms with Crippen molar-refractivity contribution in [1.29, 1.82) is 0 Å². The van der Waals surface area contributed by atoms with Crippen LogP contribution in [0.15, 0.2) is 0 Å². The van der Waals surface area contributed by atoms with Crippen LogP contribution in [0.2, 0.25) is 0 Å². The molecule has 0 aliphatic heterocycles. The summed E-state index contributed by atoms with van der Waals surface area (Å²) in [6.45, 7) is 4.56. The molecule has 9 unspecified atom stereocenters. The van der Waals surface area contributed by atoms with Crippen molar-refractivity contribution >= 4 is 11.9 Å². The highest BCUT2D eigenvalue weighted by molar-refractivity contribution is 5.82. The van der Waals surface area contributed by atoms with Gasteiger partial charge in [-0.25, -0.2) is 0 Å². The van der Waals surface area contributed by atoms with Crippen molar-refractivity contribution in [3.8, 4) is 0 Å². The first-order valence-electron chi connectivity index (χ1n) is 8.37. The SMILES string of the molecule is CC(C)C1CC2CC1C1C3CC(C(C(=O)O)C3C(=O)O)C21. The molecule has 116 valence electrons. The summed E-state index contributed by atoms with van der Waals surface area (Å²) >= 11 is 0. The number of carboxylic acids is 2. The summed E-state index contributed by atoms with van der Waals surface area (Å²) in [5, 5.41) is 19.1. The Bertz CT molecular complexity index is 499. The molecular formula is C17H24O4. The Labute approximate surface area is 124 Å². The van der Waals surface area contributed by atoms with E-state index >= 15 is 0 Å². The number of hydrogen-bond acceptors (Lipinski definition) is 2. The Balaban J connectivity index is 1.68. The molecule has 0 aromatic carbocycles. The fourth-order valence-corrected chi connectivity index (χ4v) is 7.11. The van der Waals surface area contributed by atoms with Crippen LogP contribution in [0.3, 0.4) is 0 Å². The molecule has 0 saturated heterocycles. The van der Waals surface area contributed by atoms with Gasteiger partial charge in [0.15, 0.2) is 0 Å². The lowest BCUT2D eigenvalue weighted by molar-refractivity contribution is -0.160. The lowest BCUT2D eigenvalue weighted by Gasteiger charge is -2.43. The van der Waals surface area contributed by atoms with Crippen molar-refractivity contribution in [3.63, 3.8) is 0 Å². The minimum absolute atomic E-state index is 0.121. The maximum absolute atomic E-state index is 11.7. The summed E-state index contributed by atoms with van der Waals surface area (Å²) < 4.78 is 0. The maximum atomic E-state index is 11.7. The summed E-state index contributed by atoms with van der Waals surface area (Å²) in [7, 11) is 0. The van der Waals surface area contributed by atoms with Crippen molar-refractivity contribution in [2.45, 2.75) is 33.1 Å².